The van der Waals surface area contributed by atoms with Crippen molar-refractivity contribution in [2.24, 2.45) is 0 Å². The van der Waals surface area contributed by atoms with Crippen molar-refractivity contribution in [3.63, 3.8) is 0 Å². The van der Waals surface area contributed by atoms with Crippen LogP contribution in [-0.2, 0) is 6.54 Å². The molecule has 0 aliphatic carbocycles. The molecule has 3 heterocycles. The Bertz CT molecular complexity index is 1260. The maximum absolute atomic E-state index is 12.6. The number of rotatable bonds is 5. The second kappa shape index (κ2) is 8.56. The summed E-state index contributed by atoms with van der Waals surface area (Å²) in [6.07, 6.45) is 3.37. The van der Waals surface area contributed by atoms with E-state index in [0.29, 0.717) is 11.4 Å². The van der Waals surface area contributed by atoms with Crippen LogP contribution in [0.15, 0.2) is 69.5 Å². The summed E-state index contributed by atoms with van der Waals surface area (Å²) in [6.45, 7) is 0.152. The first kappa shape index (κ1) is 19.9. The van der Waals surface area contributed by atoms with E-state index in [1.54, 1.807) is 36.7 Å². The molecule has 0 saturated heterocycles. The van der Waals surface area contributed by atoms with Crippen LogP contribution in [0.4, 0.5) is 0 Å². The quantitative estimate of drug-likeness (QED) is 0.451. The van der Waals surface area contributed by atoms with Crippen LogP contribution in [0.2, 0.25) is 0 Å². The first-order valence-electron chi connectivity index (χ1n) is 8.73. The van der Waals surface area contributed by atoms with Gasteiger partial charge < -0.3 is 10.4 Å². The van der Waals surface area contributed by atoms with Crippen LogP contribution < -0.4 is 10.9 Å². The van der Waals surface area contributed by atoms with E-state index in [2.05, 4.69) is 36.3 Å². The number of nitrogens with zero attached hydrogens (tertiary/aromatic N) is 4. The number of pyridine rings is 1. The molecule has 0 spiro atoms. The standard InChI is InChI=1S/C20H14BrN5O3S/c21-13-1-3-15(4-2-13)26-17(28)9-16(27)18(25-26)19(29)23-10-14-11-30-20(24-14)12-5-7-22-8-6-12/h1-9,11,27H,10H2,(H,23,29). The zero-order valence-corrected chi connectivity index (χ0v) is 17.7. The molecule has 2 N–H and O–H groups in total. The molecule has 0 radical (unpaired) electrons. The van der Waals surface area contributed by atoms with Crippen LogP contribution in [0.5, 0.6) is 5.75 Å². The minimum absolute atomic E-state index is 0.152. The summed E-state index contributed by atoms with van der Waals surface area (Å²) in [4.78, 5) is 33.2. The van der Waals surface area contributed by atoms with Crippen molar-refractivity contribution in [2.75, 3.05) is 0 Å². The zero-order valence-electron chi connectivity index (χ0n) is 15.3. The fourth-order valence-electron chi connectivity index (χ4n) is 2.65. The minimum atomic E-state index is -0.614. The molecule has 0 fully saturated rings. The number of hydrogen-bond donors (Lipinski definition) is 2. The van der Waals surface area contributed by atoms with Crippen molar-refractivity contribution in [1.82, 2.24) is 25.1 Å². The Hall–Kier alpha value is -3.37. The number of nitrogens with one attached hydrogen (secondary N) is 1. The summed E-state index contributed by atoms with van der Waals surface area (Å²) in [5.74, 6) is -1.10. The molecule has 0 aliphatic rings. The van der Waals surface area contributed by atoms with Gasteiger partial charge in [-0.3, -0.25) is 14.6 Å². The highest BCUT2D eigenvalue weighted by atomic mass is 79.9. The second-order valence-electron chi connectivity index (χ2n) is 6.17. The topological polar surface area (TPSA) is 110 Å². The SMILES string of the molecule is O=C(NCc1csc(-c2ccncc2)n1)c1nn(-c2ccc(Br)cc2)c(=O)cc1O. The number of benzene rings is 1. The molecule has 0 unspecified atom stereocenters. The van der Waals surface area contributed by atoms with Gasteiger partial charge in [-0.2, -0.15) is 9.78 Å². The highest BCUT2D eigenvalue weighted by Crippen LogP contribution is 2.23. The number of halogens is 1. The normalized spacial score (nSPS) is 10.7. The van der Waals surface area contributed by atoms with Crippen LogP contribution >= 0.6 is 27.3 Å². The number of aromatic hydroxyl groups is 1. The van der Waals surface area contributed by atoms with E-state index in [4.69, 9.17) is 0 Å². The molecule has 1 aromatic carbocycles. The fourth-order valence-corrected chi connectivity index (χ4v) is 3.74. The molecule has 10 heteroatoms. The molecule has 0 bridgehead atoms. The fraction of sp³-hybridized carbons (Fsp3) is 0.0500. The molecule has 0 atom stereocenters. The van der Waals surface area contributed by atoms with Crippen molar-refractivity contribution in [1.29, 1.82) is 0 Å². The minimum Gasteiger partial charge on any atom is -0.505 e. The van der Waals surface area contributed by atoms with Crippen LogP contribution in [0, 0.1) is 0 Å². The van der Waals surface area contributed by atoms with Gasteiger partial charge in [0.25, 0.3) is 11.5 Å². The predicted molar refractivity (Wildman–Crippen MR) is 116 cm³/mol. The Morgan fingerprint density at radius 3 is 2.63 bits per heavy atom. The third-order valence-electron chi connectivity index (χ3n) is 4.11. The monoisotopic (exact) mass is 483 g/mol. The van der Waals surface area contributed by atoms with Crippen molar-refractivity contribution < 1.29 is 9.90 Å². The van der Waals surface area contributed by atoms with E-state index in [0.717, 1.165) is 25.8 Å². The van der Waals surface area contributed by atoms with Gasteiger partial charge in [-0.15, -0.1) is 11.3 Å². The maximum atomic E-state index is 12.6. The first-order valence-corrected chi connectivity index (χ1v) is 10.4. The van der Waals surface area contributed by atoms with Gasteiger partial charge in [-0.25, -0.2) is 4.98 Å². The Morgan fingerprint density at radius 2 is 1.90 bits per heavy atom. The lowest BCUT2D eigenvalue weighted by molar-refractivity contribution is 0.0940. The Balaban J connectivity index is 1.52. The number of hydrogen-bond acceptors (Lipinski definition) is 7. The van der Waals surface area contributed by atoms with Gasteiger partial charge in [0.15, 0.2) is 11.4 Å². The average molecular weight is 484 g/mol. The summed E-state index contributed by atoms with van der Waals surface area (Å²) in [7, 11) is 0. The van der Waals surface area contributed by atoms with Gasteiger partial charge in [-0.1, -0.05) is 15.9 Å². The van der Waals surface area contributed by atoms with Gasteiger partial charge in [0.05, 0.1) is 17.9 Å². The van der Waals surface area contributed by atoms with E-state index in [1.807, 2.05) is 17.5 Å². The summed E-state index contributed by atoms with van der Waals surface area (Å²) in [5, 5.41) is 19.4. The van der Waals surface area contributed by atoms with Crippen molar-refractivity contribution in [2.45, 2.75) is 6.54 Å². The smallest absolute Gasteiger partial charge is 0.275 e. The highest BCUT2D eigenvalue weighted by Gasteiger charge is 2.17. The van der Waals surface area contributed by atoms with E-state index < -0.39 is 17.2 Å². The molecule has 150 valence electrons. The predicted octanol–water partition coefficient (Wildman–Crippen LogP) is 3.15. The largest absolute Gasteiger partial charge is 0.505 e. The third-order valence-corrected chi connectivity index (χ3v) is 5.58. The Labute approximate surface area is 183 Å². The lowest BCUT2D eigenvalue weighted by Crippen LogP contribution is -2.29. The van der Waals surface area contributed by atoms with Gasteiger partial charge in [0.2, 0.25) is 0 Å². The molecule has 30 heavy (non-hydrogen) atoms. The van der Waals surface area contributed by atoms with Gasteiger partial charge in [0.1, 0.15) is 5.01 Å². The summed E-state index contributed by atoms with van der Waals surface area (Å²) in [6, 6.07) is 11.5. The van der Waals surface area contributed by atoms with Crippen molar-refractivity contribution in [3.05, 3.63) is 86.5 Å². The van der Waals surface area contributed by atoms with Crippen molar-refractivity contribution >= 4 is 33.2 Å². The molecule has 1 amide bonds. The second-order valence-corrected chi connectivity index (χ2v) is 7.94. The third kappa shape index (κ3) is 4.29. The molecule has 3 aromatic heterocycles. The molecular formula is C20H14BrN5O3S. The molecule has 4 rings (SSSR count). The molecule has 8 nitrogen and oxygen atoms in total. The summed E-state index contributed by atoms with van der Waals surface area (Å²) < 4.78 is 1.90. The number of carbonyl (C=O) groups is 1. The molecule has 0 saturated carbocycles. The van der Waals surface area contributed by atoms with Gasteiger partial charge in [-0.05, 0) is 36.4 Å². The van der Waals surface area contributed by atoms with Crippen LogP contribution in [0.1, 0.15) is 16.2 Å². The summed E-state index contributed by atoms with van der Waals surface area (Å²) in [5.41, 5.74) is 1.28. The zero-order chi connectivity index (χ0) is 21.1. The first-order chi connectivity index (χ1) is 14.5. The van der Waals surface area contributed by atoms with Gasteiger partial charge >= 0.3 is 0 Å². The van der Waals surface area contributed by atoms with Crippen molar-refractivity contribution in [3.8, 4) is 22.0 Å². The maximum Gasteiger partial charge on any atom is 0.275 e. The van der Waals surface area contributed by atoms with E-state index in [1.165, 1.54) is 11.3 Å². The van der Waals surface area contributed by atoms with Crippen LogP contribution in [0.3, 0.4) is 0 Å². The number of thiazole rings is 1. The number of aromatic nitrogens is 4. The highest BCUT2D eigenvalue weighted by molar-refractivity contribution is 9.10. The summed E-state index contributed by atoms with van der Waals surface area (Å²) >= 11 is 4.78. The molecule has 0 aliphatic heterocycles. The lowest BCUT2D eigenvalue weighted by atomic mass is 10.3. The van der Waals surface area contributed by atoms with E-state index in [-0.39, 0.29) is 12.2 Å². The lowest BCUT2D eigenvalue weighted by Gasteiger charge is -2.09. The number of carbonyl (C=O) groups excluding carboxylic acids is 1. The average Bonchev–Trinajstić information content (AvgIpc) is 3.23. The van der Waals surface area contributed by atoms with Gasteiger partial charge in [0, 0.05) is 33.9 Å². The van der Waals surface area contributed by atoms with E-state index >= 15 is 0 Å². The number of amides is 1. The van der Waals surface area contributed by atoms with Crippen LogP contribution in [0.25, 0.3) is 16.3 Å². The molecule has 4 aromatic rings. The van der Waals surface area contributed by atoms with Crippen LogP contribution in [-0.4, -0.2) is 30.8 Å². The Kier molecular flexibility index (Phi) is 5.68. The molecular weight excluding hydrogens is 470 g/mol. The van der Waals surface area contributed by atoms with E-state index in [9.17, 15) is 14.7 Å². The Morgan fingerprint density at radius 1 is 1.17 bits per heavy atom.